The quantitative estimate of drug-likeness (QED) is 0.528. The normalized spacial score (nSPS) is 27.9. The van der Waals surface area contributed by atoms with Gasteiger partial charge in [-0.2, -0.15) is 0 Å². The van der Waals surface area contributed by atoms with Gasteiger partial charge in [-0.15, -0.1) is 0 Å². The minimum Gasteiger partial charge on any atom is -0.328 e. The molecule has 2 heteroatoms. The second-order valence-electron chi connectivity index (χ2n) is 4.87. The van der Waals surface area contributed by atoms with Gasteiger partial charge in [-0.1, -0.05) is 26.2 Å². The number of hydrogen-bond donors (Lipinski definition) is 2. The molecule has 1 aliphatic heterocycles. The summed E-state index contributed by atoms with van der Waals surface area (Å²) in [6, 6.07) is 0. The molecule has 0 amide bonds. The van der Waals surface area contributed by atoms with Crippen molar-refractivity contribution in [1.29, 1.82) is 0 Å². The smallest absolute Gasteiger partial charge is 0.127 e. The summed E-state index contributed by atoms with van der Waals surface area (Å²) in [6.07, 6.45) is 7.16. The second kappa shape index (κ2) is 7.24. The molecule has 0 spiro atoms. The fraction of sp³-hybridized carbons (Fsp3) is 1.00. The summed E-state index contributed by atoms with van der Waals surface area (Å²) in [6.45, 7) is 9.28. The standard InChI is InChI=1S/C12H26N2/c1-3-4-5-6-7-8-14-11-9-13(2)10-12-14/h3-12H2,1-2H3/p+2. The van der Waals surface area contributed by atoms with Crippen molar-refractivity contribution in [1.82, 2.24) is 0 Å². The highest BCUT2D eigenvalue weighted by molar-refractivity contribution is 4.42. The van der Waals surface area contributed by atoms with Crippen molar-refractivity contribution in [2.75, 3.05) is 39.8 Å². The molecule has 0 atom stereocenters. The fourth-order valence-corrected chi connectivity index (χ4v) is 2.26. The number of hydrogen-bond acceptors (Lipinski definition) is 0. The first kappa shape index (κ1) is 12.0. The third-order valence-electron chi connectivity index (χ3n) is 3.44. The third kappa shape index (κ3) is 4.97. The summed E-state index contributed by atoms with van der Waals surface area (Å²) in [5.74, 6) is 0. The highest BCUT2D eigenvalue weighted by Crippen LogP contribution is 2.00. The van der Waals surface area contributed by atoms with Crippen LogP contribution in [0.4, 0.5) is 0 Å². The van der Waals surface area contributed by atoms with E-state index in [0.29, 0.717) is 0 Å². The predicted molar refractivity (Wildman–Crippen MR) is 60.9 cm³/mol. The molecule has 1 rings (SSSR count). The molecule has 84 valence electrons. The lowest BCUT2D eigenvalue weighted by Crippen LogP contribution is -3.27. The Bertz CT molecular complexity index is 128. The summed E-state index contributed by atoms with van der Waals surface area (Å²) >= 11 is 0. The average molecular weight is 200 g/mol. The van der Waals surface area contributed by atoms with E-state index in [0.717, 1.165) is 0 Å². The number of nitrogens with one attached hydrogen (secondary N) is 2. The highest BCUT2D eigenvalue weighted by Gasteiger charge is 2.18. The Labute approximate surface area is 89.3 Å². The second-order valence-corrected chi connectivity index (χ2v) is 4.87. The summed E-state index contributed by atoms with van der Waals surface area (Å²) in [4.78, 5) is 3.58. The van der Waals surface area contributed by atoms with Gasteiger partial charge in [0.1, 0.15) is 26.2 Å². The number of quaternary nitrogens is 2. The van der Waals surface area contributed by atoms with Crippen LogP contribution >= 0.6 is 0 Å². The van der Waals surface area contributed by atoms with E-state index in [4.69, 9.17) is 0 Å². The van der Waals surface area contributed by atoms with Crippen LogP contribution in [0.15, 0.2) is 0 Å². The molecule has 2 nitrogen and oxygen atoms in total. The Morgan fingerprint density at radius 3 is 2.14 bits per heavy atom. The van der Waals surface area contributed by atoms with Crippen molar-refractivity contribution in [2.24, 2.45) is 0 Å². The number of rotatable bonds is 6. The van der Waals surface area contributed by atoms with Gasteiger partial charge in [0, 0.05) is 0 Å². The molecule has 1 aliphatic rings. The lowest BCUT2D eigenvalue weighted by atomic mass is 10.1. The van der Waals surface area contributed by atoms with E-state index in [1.807, 2.05) is 4.90 Å². The lowest BCUT2D eigenvalue weighted by Gasteiger charge is -2.27. The van der Waals surface area contributed by atoms with Crippen LogP contribution in [0.25, 0.3) is 0 Å². The van der Waals surface area contributed by atoms with Gasteiger partial charge in [0.05, 0.1) is 13.6 Å². The molecule has 0 bridgehead atoms. The van der Waals surface area contributed by atoms with Gasteiger partial charge < -0.3 is 9.80 Å². The van der Waals surface area contributed by atoms with E-state index in [9.17, 15) is 0 Å². The monoisotopic (exact) mass is 200 g/mol. The van der Waals surface area contributed by atoms with E-state index >= 15 is 0 Å². The fourth-order valence-electron chi connectivity index (χ4n) is 2.26. The molecule has 0 aromatic carbocycles. The maximum atomic E-state index is 2.32. The Balaban J connectivity index is 1.91. The maximum absolute atomic E-state index is 2.32. The van der Waals surface area contributed by atoms with Crippen LogP contribution in [-0.4, -0.2) is 39.8 Å². The molecule has 1 heterocycles. The molecular formula is C12H28N2+2. The van der Waals surface area contributed by atoms with Gasteiger partial charge >= 0.3 is 0 Å². The first-order valence-corrected chi connectivity index (χ1v) is 6.47. The van der Waals surface area contributed by atoms with Gasteiger partial charge in [-0.05, 0) is 12.8 Å². The van der Waals surface area contributed by atoms with Gasteiger partial charge in [0.25, 0.3) is 0 Å². The van der Waals surface area contributed by atoms with Crippen LogP contribution in [0.3, 0.4) is 0 Å². The molecule has 0 unspecified atom stereocenters. The largest absolute Gasteiger partial charge is 0.328 e. The average Bonchev–Trinajstić information content (AvgIpc) is 2.21. The van der Waals surface area contributed by atoms with E-state index in [1.54, 1.807) is 4.90 Å². The molecule has 0 saturated carbocycles. The SMILES string of the molecule is CCCCCCC[NH+]1CC[NH+](C)CC1. The van der Waals surface area contributed by atoms with Gasteiger partial charge in [-0.25, -0.2) is 0 Å². The Morgan fingerprint density at radius 2 is 1.50 bits per heavy atom. The van der Waals surface area contributed by atoms with Crippen LogP contribution < -0.4 is 9.80 Å². The molecule has 0 aromatic rings. The van der Waals surface area contributed by atoms with Crippen molar-refractivity contribution in [3.63, 3.8) is 0 Å². The van der Waals surface area contributed by atoms with Crippen molar-refractivity contribution in [2.45, 2.75) is 39.0 Å². The van der Waals surface area contributed by atoms with E-state index in [-0.39, 0.29) is 0 Å². The van der Waals surface area contributed by atoms with E-state index in [2.05, 4.69) is 14.0 Å². The highest BCUT2D eigenvalue weighted by atomic mass is 15.2. The molecule has 0 aromatic heterocycles. The molecule has 0 radical (unpaired) electrons. The van der Waals surface area contributed by atoms with Gasteiger partial charge in [0.2, 0.25) is 0 Å². The Hall–Kier alpha value is -0.0800. The molecule has 1 fully saturated rings. The Morgan fingerprint density at radius 1 is 0.857 bits per heavy atom. The first-order valence-electron chi connectivity index (χ1n) is 6.47. The van der Waals surface area contributed by atoms with E-state index in [1.165, 1.54) is 64.8 Å². The van der Waals surface area contributed by atoms with Crippen molar-refractivity contribution in [3.8, 4) is 0 Å². The molecular weight excluding hydrogens is 172 g/mol. The third-order valence-corrected chi connectivity index (χ3v) is 3.44. The summed E-state index contributed by atoms with van der Waals surface area (Å²) in [7, 11) is 2.32. The zero-order chi connectivity index (χ0) is 10.2. The molecule has 1 saturated heterocycles. The van der Waals surface area contributed by atoms with Crippen molar-refractivity contribution in [3.05, 3.63) is 0 Å². The summed E-state index contributed by atoms with van der Waals surface area (Å²) < 4.78 is 0. The van der Waals surface area contributed by atoms with Crippen LogP contribution in [0.5, 0.6) is 0 Å². The van der Waals surface area contributed by atoms with Crippen LogP contribution in [-0.2, 0) is 0 Å². The lowest BCUT2D eigenvalue weighted by molar-refractivity contribution is -1.00. The topological polar surface area (TPSA) is 8.88 Å². The molecule has 2 N–H and O–H groups in total. The van der Waals surface area contributed by atoms with Gasteiger partial charge in [0.15, 0.2) is 0 Å². The summed E-state index contributed by atoms with van der Waals surface area (Å²) in [5, 5.41) is 0. The van der Waals surface area contributed by atoms with Crippen molar-refractivity contribution >= 4 is 0 Å². The van der Waals surface area contributed by atoms with E-state index < -0.39 is 0 Å². The maximum Gasteiger partial charge on any atom is 0.127 e. The predicted octanol–water partition coefficient (Wildman–Crippen LogP) is -0.630. The summed E-state index contributed by atoms with van der Waals surface area (Å²) in [5.41, 5.74) is 0. The molecule has 14 heavy (non-hydrogen) atoms. The van der Waals surface area contributed by atoms with Crippen LogP contribution in [0.1, 0.15) is 39.0 Å². The zero-order valence-corrected chi connectivity index (χ0v) is 10.1. The number of likely N-dealkylation sites (N-methyl/N-ethyl adjacent to an activating group) is 1. The Kier molecular flexibility index (Phi) is 6.20. The first-order chi connectivity index (χ1) is 6.83. The molecule has 0 aliphatic carbocycles. The number of unbranched alkanes of at least 4 members (excludes halogenated alkanes) is 4. The van der Waals surface area contributed by atoms with Crippen molar-refractivity contribution < 1.29 is 9.80 Å². The number of piperazine rings is 1. The minimum absolute atomic E-state index is 1.37. The zero-order valence-electron chi connectivity index (χ0n) is 10.1. The van der Waals surface area contributed by atoms with Crippen LogP contribution in [0, 0.1) is 0 Å². The van der Waals surface area contributed by atoms with Crippen LogP contribution in [0.2, 0.25) is 0 Å². The minimum atomic E-state index is 1.37. The van der Waals surface area contributed by atoms with Gasteiger partial charge in [-0.3, -0.25) is 0 Å².